The fourth-order valence-corrected chi connectivity index (χ4v) is 13.5. The lowest BCUT2D eigenvalue weighted by Gasteiger charge is -2.26. The maximum absolute atomic E-state index is 12.8. The van der Waals surface area contributed by atoms with E-state index in [1.807, 2.05) is 241 Å². The smallest absolute Gasteiger partial charge is 0.507 e. The third kappa shape index (κ3) is 38.2. The summed E-state index contributed by atoms with van der Waals surface area (Å²) in [7, 11) is -19.7. The van der Waals surface area contributed by atoms with Crippen LogP contribution < -0.4 is 33.7 Å². The van der Waals surface area contributed by atoms with Crippen molar-refractivity contribution in [1.29, 1.82) is 0 Å². The first-order chi connectivity index (χ1) is 63.6. The molecule has 0 saturated heterocycles. The van der Waals surface area contributed by atoms with Crippen LogP contribution in [0.3, 0.4) is 0 Å². The van der Waals surface area contributed by atoms with Gasteiger partial charge in [0.15, 0.2) is 5.75 Å². The Kier molecular flexibility index (Phi) is 50.3. The maximum atomic E-state index is 12.8. The van der Waals surface area contributed by atoms with E-state index in [2.05, 4.69) is 84.3 Å². The lowest BCUT2D eigenvalue weighted by Crippen LogP contribution is -2.34. The first-order valence-electron chi connectivity index (χ1n) is 39.4. The van der Waals surface area contributed by atoms with Gasteiger partial charge in [0.2, 0.25) is 0 Å². The molecule has 12 rings (SSSR count). The van der Waals surface area contributed by atoms with Crippen LogP contribution in [0.4, 0.5) is 102 Å². The van der Waals surface area contributed by atoms with Gasteiger partial charge in [0.1, 0.15) is 39.5 Å². The lowest BCUT2D eigenvalue weighted by atomic mass is 10.1. The van der Waals surface area contributed by atoms with Crippen molar-refractivity contribution in [2.24, 2.45) is 0 Å². The van der Waals surface area contributed by atoms with Crippen LogP contribution in [0.15, 0.2) is 315 Å². The molecule has 0 unspecified atom stereocenters. The molecule has 12 aromatic rings. The highest BCUT2D eigenvalue weighted by Crippen LogP contribution is 2.42. The Morgan fingerprint density at radius 2 is 0.578 bits per heavy atom. The number of nitrogens with zero attached hydrogens (tertiary/aromatic N) is 3. The fourth-order valence-electron chi connectivity index (χ4n) is 11.0. The van der Waals surface area contributed by atoms with Crippen molar-refractivity contribution in [2.75, 3.05) is 65.0 Å². The highest BCUT2D eigenvalue weighted by molar-refractivity contribution is 14.1. The molecule has 0 bridgehead atoms. The number of hydrogen-bond donors (Lipinski definition) is 2. The van der Waals surface area contributed by atoms with E-state index in [4.69, 9.17) is 51.6 Å². The molecule has 0 spiro atoms. The number of esters is 4. The predicted octanol–water partition coefficient (Wildman–Crippen LogP) is 27.5. The van der Waals surface area contributed by atoms with E-state index in [-0.39, 0.29) is 52.4 Å². The Labute approximate surface area is 826 Å². The number of phenols is 1. The van der Waals surface area contributed by atoms with Gasteiger partial charge in [0.25, 0.3) is 0 Å². The Morgan fingerprint density at radius 3 is 0.844 bits per heavy atom. The zero-order chi connectivity index (χ0) is 99.2. The molecule has 135 heavy (non-hydrogen) atoms. The molecule has 0 aliphatic heterocycles. The van der Waals surface area contributed by atoms with Crippen LogP contribution in [0, 0.1) is 3.57 Å². The largest absolute Gasteiger partial charge is 0.534 e. The number of nitrogens with one attached hydrogen (secondary N) is 1. The fraction of sp³-hybridized carbons (Fsp3) is 0.183. The van der Waals surface area contributed by atoms with Gasteiger partial charge in [-0.3, -0.25) is 0 Å². The van der Waals surface area contributed by atoms with Gasteiger partial charge in [-0.15, -0.1) is 74.1 Å². The lowest BCUT2D eigenvalue weighted by molar-refractivity contribution is -0.0586. The second-order valence-corrected chi connectivity index (χ2v) is 38.8. The van der Waals surface area contributed by atoms with Crippen LogP contribution in [0.1, 0.15) is 90.4 Å². The van der Waals surface area contributed by atoms with Crippen LogP contribution in [-0.2, 0) is 52.9 Å². The van der Waals surface area contributed by atoms with Crippen molar-refractivity contribution in [3.8, 4) is 23.0 Å². The zero-order valence-electron chi connectivity index (χ0n) is 71.6. The van der Waals surface area contributed by atoms with Gasteiger partial charge in [0, 0.05) is 66.1 Å². The van der Waals surface area contributed by atoms with Crippen molar-refractivity contribution in [2.45, 2.75) is 65.5 Å². The maximum Gasteiger partial charge on any atom is 0.534 e. The van der Waals surface area contributed by atoms with Gasteiger partial charge in [0.05, 0.1) is 45.0 Å². The minimum Gasteiger partial charge on any atom is -0.507 e. The van der Waals surface area contributed by atoms with Crippen molar-refractivity contribution in [3.63, 3.8) is 0 Å². The molecule has 0 saturated carbocycles. The zero-order valence-corrected chi connectivity index (χ0v) is 82.5. The number of alkyl halides is 11. The third-order valence-corrected chi connectivity index (χ3v) is 20.6. The summed E-state index contributed by atoms with van der Waals surface area (Å²) >= 11 is 21.0. The summed E-state index contributed by atoms with van der Waals surface area (Å²) in [5.74, 6) is -2.06. The van der Waals surface area contributed by atoms with Gasteiger partial charge in [-0.05, 0) is 234 Å². The number of carbonyl (C=O) groups excluding carboxylic acids is 4. The molecule has 0 heterocycles. The molecule has 0 aliphatic carbocycles. The van der Waals surface area contributed by atoms with Crippen molar-refractivity contribution < 1.29 is 125 Å². The number of para-hydroxylation sites is 8. The number of hydrogen-bond acceptors (Lipinski definition) is 23. The average molecular weight is 2280 g/mol. The van der Waals surface area contributed by atoms with Gasteiger partial charge < -0.3 is 57.7 Å². The van der Waals surface area contributed by atoms with Crippen LogP contribution in [0.5, 0.6) is 23.0 Å². The van der Waals surface area contributed by atoms with Crippen LogP contribution in [-0.4, -0.2) is 119 Å². The predicted molar refractivity (Wildman–Crippen MR) is 529 cm³/mol. The topological polar surface area (TPSA) is 287 Å². The Morgan fingerprint density at radius 1 is 0.348 bits per heavy atom. The molecule has 23 nitrogen and oxygen atoms in total. The van der Waals surface area contributed by atoms with Crippen molar-refractivity contribution >= 4 is 213 Å². The summed E-state index contributed by atoms with van der Waals surface area (Å²) in [4.78, 5) is 54.5. The monoisotopic (exact) mass is 2280 g/mol. The van der Waals surface area contributed by atoms with Crippen LogP contribution >= 0.6 is 93.1 Å². The van der Waals surface area contributed by atoms with Gasteiger partial charge in [-0.25, -0.2) is 19.2 Å². The van der Waals surface area contributed by atoms with E-state index in [0.717, 1.165) is 55.1 Å². The number of halogens is 15. The van der Waals surface area contributed by atoms with Gasteiger partial charge >= 0.3 is 73.9 Å². The van der Waals surface area contributed by atoms with E-state index in [9.17, 15) is 89.1 Å². The molecular formula is C93H90BBr3Cl2F9IN4O19S3. The number of ether oxygens (including phenoxy) is 6. The molecule has 0 amide bonds. The first kappa shape index (κ1) is 116. The highest BCUT2D eigenvalue weighted by Gasteiger charge is 2.57. The van der Waals surface area contributed by atoms with E-state index >= 15 is 0 Å². The number of carbonyl (C=O) groups is 4. The number of aromatic hydroxyl groups is 1. The summed E-state index contributed by atoms with van der Waals surface area (Å²) in [5, 5.41) is 13.5. The number of benzene rings is 12. The normalized spacial score (nSPS) is 10.8. The Balaban J connectivity index is 0.000000342. The number of rotatable bonds is 27. The molecule has 0 radical (unpaired) electrons. The van der Waals surface area contributed by atoms with E-state index in [1.165, 1.54) is 25.1 Å². The summed E-state index contributed by atoms with van der Waals surface area (Å²) < 4.78 is 208. The molecule has 0 atom stereocenters. The van der Waals surface area contributed by atoms with Crippen molar-refractivity contribution in [3.05, 3.63) is 341 Å². The second kappa shape index (κ2) is 58.4. The first-order valence-corrected chi connectivity index (χ1v) is 48.5. The standard InChI is InChI=1S/C23H23NO3.C22H18F3NO5S.C21H19NO3.C12H11N.C11H13IO3.C2F6O5S2.CH2Cl2.CH4.BBr3/c1-3-26-22-16-15-20(17-21(22)23(25)27-4-2)24(18-11-7-5-8-12-18)19-13-9-6-10-14-19;1-2-30-21(27)19-15-18(13-14-20(19)31-32(28,29)22(23,24)25)26(16-9-5-3-6-10-16)17-11-7-4-8-12-17;1-2-25-21(24)19-15-18(13-14-20(19)23)22(16-9-5-3-6-10-16)17-11-7-4-8-12-17;1-3-7-11(8-4-1)13-12-9-5-2-6-10-12;1-3-14-10-6-5-8(12)7-9(10)11(13)15-4-2;3-1(4,5)14(9,10)13-15(11,12)2(6,7)8;2-1-3;;2-1(3)4/h5-17H,3-4H2,1-2H3;3-15H,2H2,1H3;3-15,23H,2H2,1H3;1-10,13H;5-7H,3-4H2,1-2H3;;1H2;1H4;. The van der Waals surface area contributed by atoms with Crippen LogP contribution in [0.2, 0.25) is 0 Å². The van der Waals surface area contributed by atoms with E-state index in [0.29, 0.717) is 66.1 Å². The SMILES string of the molecule is BrB(Br)Br.C.CCOC(=O)c1cc(I)ccc1OCC.CCOC(=O)c1cc(N(c2ccccc2)c2ccccc2)ccc1O.CCOC(=O)c1cc(N(c2ccccc2)c2ccccc2)ccc1OCC.CCOC(=O)c1cc(N(c2ccccc2)c2ccccc2)ccc1OS(=O)(=O)C(F)(F)F.ClCCl.O=S(=O)(OS(=O)(=O)C(F)(F)F)C(F)(F)F.c1ccc(Nc2ccccc2)cc1. The number of phenolic OH excluding ortho intramolecular Hbond substituents is 1. The molecule has 722 valence electrons. The third-order valence-electron chi connectivity index (χ3n) is 16.4. The molecule has 0 fully saturated rings. The Bertz CT molecular complexity index is 5790. The van der Waals surface area contributed by atoms with Crippen LogP contribution in [0.25, 0.3) is 0 Å². The Hall–Kier alpha value is -11.1. The molecule has 42 heteroatoms. The highest BCUT2D eigenvalue weighted by atomic mass is 127. The van der Waals surface area contributed by atoms with E-state index in [1.54, 1.807) is 98.5 Å². The average Bonchev–Trinajstić information content (AvgIpc) is 0.794. The molecule has 0 aliphatic rings. The van der Waals surface area contributed by atoms with Gasteiger partial charge in [-0.1, -0.05) is 153 Å². The molecule has 12 aromatic carbocycles. The summed E-state index contributed by atoms with van der Waals surface area (Å²) in [5.41, 5.74) is -8.02. The van der Waals surface area contributed by atoms with Crippen molar-refractivity contribution in [1.82, 2.24) is 0 Å². The number of anilines is 11. The second-order valence-electron chi connectivity index (χ2n) is 25.5. The summed E-state index contributed by atoms with van der Waals surface area (Å²) in [6.07, 6.45) is 0. The van der Waals surface area contributed by atoms with Gasteiger partial charge in [-0.2, -0.15) is 64.8 Å². The molecule has 0 aromatic heterocycles. The van der Waals surface area contributed by atoms with E-state index < -0.39 is 70.1 Å². The minimum absolute atomic E-state index is 0. The molecule has 2 N–H and O–H groups in total. The summed E-state index contributed by atoms with van der Waals surface area (Å²) in [6.45, 7) is 12.5. The quantitative estimate of drug-likeness (QED) is 0.00707. The summed E-state index contributed by atoms with van der Waals surface area (Å²) in [6, 6.07) is 97.6. The molecular weight excluding hydrogens is 2190 g/mol. The minimum atomic E-state index is -6.85.